The van der Waals surface area contributed by atoms with Crippen LogP contribution in [-0.2, 0) is 19.7 Å². The van der Waals surface area contributed by atoms with Crippen molar-refractivity contribution in [2.75, 3.05) is 7.11 Å². The number of para-hydroxylation sites is 2. The molecule has 0 radical (unpaired) electrons. The van der Waals surface area contributed by atoms with Crippen LogP contribution in [0.3, 0.4) is 0 Å². The lowest BCUT2D eigenvalue weighted by Crippen LogP contribution is -2.14. The normalized spacial score (nSPS) is 11.1. The van der Waals surface area contributed by atoms with Gasteiger partial charge in [0.25, 0.3) is 0 Å². The van der Waals surface area contributed by atoms with E-state index < -0.39 is 0 Å². The van der Waals surface area contributed by atoms with Gasteiger partial charge in [-0.2, -0.15) is 0 Å². The first kappa shape index (κ1) is 21.8. The molecule has 0 aliphatic rings. The molecular formula is C23H20Cl3N3O2. The largest absolute Gasteiger partial charge is 0.493 e. The minimum Gasteiger partial charge on any atom is -0.493 e. The summed E-state index contributed by atoms with van der Waals surface area (Å²) in [6.45, 7) is 1.33. The van der Waals surface area contributed by atoms with Gasteiger partial charge >= 0.3 is 0 Å². The number of aromatic nitrogens is 2. The van der Waals surface area contributed by atoms with E-state index in [-0.39, 0.29) is 6.61 Å². The average Bonchev–Trinajstić information content (AvgIpc) is 3.17. The molecule has 0 spiro atoms. The molecule has 0 bridgehead atoms. The second kappa shape index (κ2) is 9.79. The fourth-order valence-corrected chi connectivity index (χ4v) is 3.94. The van der Waals surface area contributed by atoms with E-state index in [1.54, 1.807) is 31.4 Å². The molecule has 0 aliphatic carbocycles. The van der Waals surface area contributed by atoms with Crippen molar-refractivity contribution in [1.29, 1.82) is 0 Å². The number of hydrogen-bond donors (Lipinski definition) is 2. The van der Waals surface area contributed by atoms with Gasteiger partial charge in [0.1, 0.15) is 12.4 Å². The Hall–Kier alpha value is -2.44. The standard InChI is InChI=1S/C23H20Cl3N3O2/c1-30-21-9-14(11-27-12-23-28-19-7-2-3-8-20(19)29-23)18(26)10-22(21)31-13-15-16(24)5-4-6-17(15)25/h2-10,27H,11-13H2,1H3,(H,28,29). The second-order valence-corrected chi connectivity index (χ2v) is 8.11. The van der Waals surface area contributed by atoms with E-state index in [0.29, 0.717) is 45.2 Å². The summed E-state index contributed by atoms with van der Waals surface area (Å²) in [5.41, 5.74) is 3.55. The number of hydrogen-bond acceptors (Lipinski definition) is 4. The van der Waals surface area contributed by atoms with Crippen molar-refractivity contribution < 1.29 is 9.47 Å². The van der Waals surface area contributed by atoms with E-state index in [4.69, 9.17) is 44.3 Å². The number of ether oxygens (including phenoxy) is 2. The van der Waals surface area contributed by atoms with Crippen molar-refractivity contribution in [3.63, 3.8) is 0 Å². The van der Waals surface area contributed by atoms with E-state index in [1.807, 2.05) is 30.3 Å². The predicted molar refractivity (Wildman–Crippen MR) is 125 cm³/mol. The number of benzene rings is 3. The summed E-state index contributed by atoms with van der Waals surface area (Å²) in [6.07, 6.45) is 0. The molecule has 0 amide bonds. The molecule has 2 N–H and O–H groups in total. The molecule has 4 rings (SSSR count). The molecule has 0 aliphatic heterocycles. The highest BCUT2D eigenvalue weighted by atomic mass is 35.5. The average molecular weight is 477 g/mol. The Morgan fingerprint density at radius 2 is 1.68 bits per heavy atom. The number of H-pyrrole nitrogens is 1. The molecule has 4 aromatic rings. The molecule has 5 nitrogen and oxygen atoms in total. The van der Waals surface area contributed by atoms with Crippen LogP contribution in [0.1, 0.15) is 17.0 Å². The van der Waals surface area contributed by atoms with Gasteiger partial charge in [-0.05, 0) is 35.9 Å². The number of rotatable bonds is 8. The Balaban J connectivity index is 1.43. The predicted octanol–water partition coefficient (Wildman–Crippen LogP) is 6.40. The highest BCUT2D eigenvalue weighted by Crippen LogP contribution is 2.35. The van der Waals surface area contributed by atoms with E-state index in [0.717, 1.165) is 22.4 Å². The molecule has 1 aromatic heterocycles. The van der Waals surface area contributed by atoms with Gasteiger partial charge in [0.2, 0.25) is 0 Å². The molecular weight excluding hydrogens is 457 g/mol. The topological polar surface area (TPSA) is 59.2 Å². The summed E-state index contributed by atoms with van der Waals surface area (Å²) in [5.74, 6) is 1.96. The van der Waals surface area contributed by atoms with Crippen LogP contribution in [0.15, 0.2) is 54.6 Å². The molecule has 0 saturated carbocycles. The van der Waals surface area contributed by atoms with Crippen LogP contribution in [0.5, 0.6) is 11.5 Å². The number of nitrogens with one attached hydrogen (secondary N) is 2. The molecule has 0 fully saturated rings. The zero-order valence-corrected chi connectivity index (χ0v) is 19.0. The van der Waals surface area contributed by atoms with E-state index in [2.05, 4.69) is 15.3 Å². The molecule has 0 atom stereocenters. The number of fused-ring (bicyclic) bond motifs is 1. The van der Waals surface area contributed by atoms with Gasteiger partial charge in [-0.3, -0.25) is 0 Å². The lowest BCUT2D eigenvalue weighted by atomic mass is 10.2. The van der Waals surface area contributed by atoms with Gasteiger partial charge < -0.3 is 19.8 Å². The summed E-state index contributed by atoms with van der Waals surface area (Å²) >= 11 is 18.9. The fourth-order valence-electron chi connectivity index (χ4n) is 3.21. The van der Waals surface area contributed by atoms with Crippen molar-refractivity contribution in [2.45, 2.75) is 19.7 Å². The van der Waals surface area contributed by atoms with Crippen LogP contribution in [0.25, 0.3) is 11.0 Å². The van der Waals surface area contributed by atoms with Crippen molar-refractivity contribution in [2.24, 2.45) is 0 Å². The number of nitrogens with zero attached hydrogens (tertiary/aromatic N) is 1. The smallest absolute Gasteiger partial charge is 0.163 e. The molecule has 8 heteroatoms. The van der Waals surface area contributed by atoms with Gasteiger partial charge in [0, 0.05) is 33.2 Å². The maximum absolute atomic E-state index is 6.50. The SMILES string of the molecule is COc1cc(CNCc2nc3ccccc3[nH]2)c(Cl)cc1OCc1c(Cl)cccc1Cl. The Bertz CT molecular complexity index is 1160. The Labute approximate surface area is 195 Å². The molecule has 1 heterocycles. The summed E-state index contributed by atoms with van der Waals surface area (Å²) in [5, 5.41) is 5.01. The maximum atomic E-state index is 6.50. The lowest BCUT2D eigenvalue weighted by molar-refractivity contribution is 0.284. The van der Waals surface area contributed by atoms with Crippen molar-refractivity contribution in [1.82, 2.24) is 15.3 Å². The first-order valence-electron chi connectivity index (χ1n) is 9.61. The first-order valence-corrected chi connectivity index (χ1v) is 10.7. The lowest BCUT2D eigenvalue weighted by Gasteiger charge is -2.15. The number of aromatic amines is 1. The molecule has 0 saturated heterocycles. The van der Waals surface area contributed by atoms with Crippen LogP contribution in [0, 0.1) is 0 Å². The quantitative estimate of drug-likeness (QED) is 0.309. The third-order valence-corrected chi connectivity index (χ3v) is 5.87. The number of halogens is 3. The van der Waals surface area contributed by atoms with E-state index >= 15 is 0 Å². The van der Waals surface area contributed by atoms with Gasteiger partial charge in [0.15, 0.2) is 11.5 Å². The van der Waals surface area contributed by atoms with Crippen molar-refractivity contribution in [3.8, 4) is 11.5 Å². The summed E-state index contributed by atoms with van der Waals surface area (Å²) < 4.78 is 11.4. The zero-order valence-electron chi connectivity index (χ0n) is 16.7. The second-order valence-electron chi connectivity index (χ2n) is 6.89. The Morgan fingerprint density at radius 1 is 0.903 bits per heavy atom. The van der Waals surface area contributed by atoms with Crippen LogP contribution in [0.2, 0.25) is 15.1 Å². The third kappa shape index (κ3) is 5.08. The van der Waals surface area contributed by atoms with Crippen molar-refractivity contribution in [3.05, 3.63) is 86.6 Å². The molecule has 0 unspecified atom stereocenters. The summed E-state index contributed by atoms with van der Waals surface area (Å²) in [7, 11) is 1.59. The van der Waals surface area contributed by atoms with Gasteiger partial charge in [-0.25, -0.2) is 4.98 Å². The Morgan fingerprint density at radius 3 is 2.42 bits per heavy atom. The number of imidazole rings is 1. The van der Waals surface area contributed by atoms with Gasteiger partial charge in [0.05, 0.1) is 24.7 Å². The summed E-state index contributed by atoms with van der Waals surface area (Å²) in [6, 6.07) is 16.9. The molecule has 31 heavy (non-hydrogen) atoms. The van der Waals surface area contributed by atoms with Crippen LogP contribution < -0.4 is 14.8 Å². The monoisotopic (exact) mass is 475 g/mol. The first-order chi connectivity index (χ1) is 15.0. The van der Waals surface area contributed by atoms with Gasteiger partial charge in [-0.15, -0.1) is 0 Å². The zero-order chi connectivity index (χ0) is 21.8. The van der Waals surface area contributed by atoms with Gasteiger partial charge in [-0.1, -0.05) is 53.0 Å². The highest BCUT2D eigenvalue weighted by Gasteiger charge is 2.13. The highest BCUT2D eigenvalue weighted by molar-refractivity contribution is 6.36. The minimum atomic E-state index is 0.203. The van der Waals surface area contributed by atoms with E-state index in [1.165, 1.54) is 0 Å². The van der Waals surface area contributed by atoms with Crippen LogP contribution in [0.4, 0.5) is 0 Å². The van der Waals surface area contributed by atoms with Crippen LogP contribution in [-0.4, -0.2) is 17.1 Å². The number of methoxy groups -OCH3 is 1. The van der Waals surface area contributed by atoms with Crippen LogP contribution >= 0.6 is 34.8 Å². The molecule has 160 valence electrons. The third-order valence-electron chi connectivity index (χ3n) is 4.81. The Kier molecular flexibility index (Phi) is 6.88. The van der Waals surface area contributed by atoms with E-state index in [9.17, 15) is 0 Å². The fraction of sp³-hybridized carbons (Fsp3) is 0.174. The minimum absolute atomic E-state index is 0.203. The van der Waals surface area contributed by atoms with Crippen molar-refractivity contribution >= 4 is 45.8 Å². The summed E-state index contributed by atoms with van der Waals surface area (Å²) in [4.78, 5) is 7.86. The maximum Gasteiger partial charge on any atom is 0.163 e. The molecule has 3 aromatic carbocycles.